The summed E-state index contributed by atoms with van der Waals surface area (Å²) in [6, 6.07) is 12.0. The molecule has 11 heteroatoms. The maximum absolute atomic E-state index is 13.1. The zero-order valence-corrected chi connectivity index (χ0v) is 22.7. The largest absolute Gasteiger partial charge is 0.478 e. The third-order valence-corrected chi connectivity index (χ3v) is 6.01. The van der Waals surface area contributed by atoms with E-state index >= 15 is 0 Å². The Morgan fingerprint density at radius 1 is 1.03 bits per heavy atom. The van der Waals surface area contributed by atoms with Crippen LogP contribution < -0.4 is 15.5 Å². The van der Waals surface area contributed by atoms with Gasteiger partial charge in [0.1, 0.15) is 11.6 Å². The molecule has 3 rings (SSSR count). The first kappa shape index (κ1) is 29.6. The summed E-state index contributed by atoms with van der Waals surface area (Å²) < 4.78 is 10.4. The van der Waals surface area contributed by atoms with Gasteiger partial charge in [-0.05, 0) is 62.7 Å². The summed E-state index contributed by atoms with van der Waals surface area (Å²) in [4.78, 5) is 53.2. The Balaban J connectivity index is 1.70. The van der Waals surface area contributed by atoms with Gasteiger partial charge in [0.15, 0.2) is 0 Å². The maximum Gasteiger partial charge on any atom is 0.408 e. The van der Waals surface area contributed by atoms with Crippen LogP contribution in [0.3, 0.4) is 0 Å². The van der Waals surface area contributed by atoms with Gasteiger partial charge >= 0.3 is 12.1 Å². The number of carbonyl (C=O) groups is 4. The molecule has 0 bridgehead atoms. The molecule has 0 unspecified atom stereocenters. The van der Waals surface area contributed by atoms with Crippen molar-refractivity contribution >= 4 is 35.3 Å². The Morgan fingerprint density at radius 2 is 1.69 bits per heavy atom. The van der Waals surface area contributed by atoms with E-state index in [1.54, 1.807) is 32.8 Å². The number of nitrogens with zero attached hydrogens (tertiary/aromatic N) is 2. The van der Waals surface area contributed by atoms with E-state index in [1.807, 2.05) is 24.3 Å². The van der Waals surface area contributed by atoms with E-state index in [0.29, 0.717) is 31.9 Å². The highest BCUT2D eigenvalue weighted by Crippen LogP contribution is 2.20. The Kier molecular flexibility index (Phi) is 10.0. The number of ether oxygens (including phenoxy) is 2. The average Bonchev–Trinajstić information content (AvgIpc) is 2.87. The summed E-state index contributed by atoms with van der Waals surface area (Å²) in [7, 11) is 1.63. The quantitative estimate of drug-likeness (QED) is 0.418. The number of carboxylic acid groups (broad SMARTS) is 1. The summed E-state index contributed by atoms with van der Waals surface area (Å²) >= 11 is 0. The molecular formula is C28H36N4O7. The second-order valence-corrected chi connectivity index (χ2v) is 10.3. The molecule has 2 aromatic carbocycles. The van der Waals surface area contributed by atoms with Gasteiger partial charge in [-0.1, -0.05) is 12.1 Å². The lowest BCUT2D eigenvalue weighted by molar-refractivity contribution is -0.121. The lowest BCUT2D eigenvalue weighted by Gasteiger charge is -2.34. The minimum absolute atomic E-state index is 0.00265. The van der Waals surface area contributed by atoms with Crippen LogP contribution in [-0.2, 0) is 25.5 Å². The van der Waals surface area contributed by atoms with Gasteiger partial charge in [-0.3, -0.25) is 14.5 Å². The molecule has 11 nitrogen and oxygen atoms in total. The van der Waals surface area contributed by atoms with E-state index in [2.05, 4.69) is 15.5 Å². The molecule has 0 radical (unpaired) electrons. The number of carboxylic acids is 1. The number of aromatic carboxylic acids is 1. The van der Waals surface area contributed by atoms with E-state index in [1.165, 1.54) is 24.3 Å². The highest BCUT2D eigenvalue weighted by molar-refractivity contribution is 5.97. The SMILES string of the molecule is COCCN1CCN(c2ccc(C[C@H](NC(=O)OC(C)(C)C)C(=O)Nc3ccc(C(=O)O)cc3)cc2)C(=O)C1. The molecule has 0 aliphatic carbocycles. The fraction of sp³-hybridized carbons (Fsp3) is 0.429. The summed E-state index contributed by atoms with van der Waals surface area (Å²) in [6.07, 6.45) is -0.574. The molecule has 0 aromatic heterocycles. The van der Waals surface area contributed by atoms with Crippen LogP contribution in [0.5, 0.6) is 0 Å². The Labute approximate surface area is 228 Å². The third-order valence-electron chi connectivity index (χ3n) is 6.01. The van der Waals surface area contributed by atoms with Crippen LogP contribution in [-0.4, -0.2) is 85.4 Å². The number of alkyl carbamates (subject to hydrolysis) is 1. The van der Waals surface area contributed by atoms with Crippen molar-refractivity contribution in [1.29, 1.82) is 0 Å². The fourth-order valence-electron chi connectivity index (χ4n) is 4.04. The minimum Gasteiger partial charge on any atom is -0.478 e. The van der Waals surface area contributed by atoms with Gasteiger partial charge in [-0.2, -0.15) is 0 Å². The van der Waals surface area contributed by atoms with Gasteiger partial charge in [0.25, 0.3) is 0 Å². The van der Waals surface area contributed by atoms with Gasteiger partial charge in [0, 0.05) is 44.5 Å². The molecule has 1 fully saturated rings. The first-order valence-electron chi connectivity index (χ1n) is 12.7. The van der Waals surface area contributed by atoms with Crippen LogP contribution >= 0.6 is 0 Å². The molecule has 3 N–H and O–H groups in total. The number of hydrogen-bond donors (Lipinski definition) is 3. The van der Waals surface area contributed by atoms with Crippen molar-refractivity contribution in [2.75, 3.05) is 50.1 Å². The molecule has 1 saturated heterocycles. The second kappa shape index (κ2) is 13.2. The number of methoxy groups -OCH3 is 1. The number of carbonyl (C=O) groups excluding carboxylic acids is 3. The number of benzene rings is 2. The van der Waals surface area contributed by atoms with Crippen molar-refractivity contribution in [1.82, 2.24) is 10.2 Å². The van der Waals surface area contributed by atoms with Crippen LogP contribution in [0.15, 0.2) is 48.5 Å². The predicted octanol–water partition coefficient (Wildman–Crippen LogP) is 2.75. The van der Waals surface area contributed by atoms with Crippen LogP contribution in [0.2, 0.25) is 0 Å². The van der Waals surface area contributed by atoms with E-state index in [-0.39, 0.29) is 17.9 Å². The van der Waals surface area contributed by atoms with Crippen LogP contribution in [0.4, 0.5) is 16.2 Å². The number of nitrogens with one attached hydrogen (secondary N) is 2. The lowest BCUT2D eigenvalue weighted by atomic mass is 10.0. The highest BCUT2D eigenvalue weighted by Gasteiger charge is 2.27. The molecule has 1 atom stereocenters. The van der Waals surface area contributed by atoms with E-state index in [4.69, 9.17) is 14.6 Å². The van der Waals surface area contributed by atoms with Gasteiger partial charge in [-0.15, -0.1) is 0 Å². The molecule has 39 heavy (non-hydrogen) atoms. The number of amides is 3. The van der Waals surface area contributed by atoms with Crippen molar-refractivity contribution in [3.63, 3.8) is 0 Å². The Morgan fingerprint density at radius 3 is 2.26 bits per heavy atom. The van der Waals surface area contributed by atoms with Crippen LogP contribution in [0.1, 0.15) is 36.7 Å². The molecule has 2 aromatic rings. The van der Waals surface area contributed by atoms with Crippen LogP contribution in [0, 0.1) is 0 Å². The predicted molar refractivity (Wildman–Crippen MR) is 146 cm³/mol. The molecule has 3 amide bonds. The Bertz CT molecular complexity index is 1160. The van der Waals surface area contributed by atoms with Gasteiger partial charge in [0.05, 0.1) is 18.7 Å². The molecule has 0 saturated carbocycles. The zero-order chi connectivity index (χ0) is 28.6. The van der Waals surface area contributed by atoms with Crippen molar-refractivity contribution < 1.29 is 33.8 Å². The average molecular weight is 541 g/mol. The summed E-state index contributed by atoms with van der Waals surface area (Å²) in [5.41, 5.74) is 1.25. The second-order valence-electron chi connectivity index (χ2n) is 10.3. The first-order chi connectivity index (χ1) is 18.4. The lowest BCUT2D eigenvalue weighted by Crippen LogP contribution is -2.51. The summed E-state index contributed by atoms with van der Waals surface area (Å²) in [6.45, 7) is 8.07. The van der Waals surface area contributed by atoms with Gasteiger partial charge in [-0.25, -0.2) is 9.59 Å². The number of piperazine rings is 1. The zero-order valence-electron chi connectivity index (χ0n) is 22.7. The molecule has 1 aliphatic rings. The smallest absolute Gasteiger partial charge is 0.408 e. The van der Waals surface area contributed by atoms with Crippen molar-refractivity contribution in [3.05, 3.63) is 59.7 Å². The number of rotatable bonds is 10. The molecule has 0 spiro atoms. The standard InChI is InChI=1S/C28H36N4O7/c1-28(2,3)39-27(37)30-23(25(34)29-21-9-7-20(8-10-21)26(35)36)17-19-5-11-22(12-6-19)32-14-13-31(15-16-38-4)18-24(32)33/h5-12,23H,13-18H2,1-4H3,(H,29,34)(H,30,37)(H,35,36)/t23-/m0/s1. The summed E-state index contributed by atoms with van der Waals surface area (Å²) in [5.74, 6) is -1.56. The molecule has 1 heterocycles. The van der Waals surface area contributed by atoms with Crippen molar-refractivity contribution in [2.24, 2.45) is 0 Å². The van der Waals surface area contributed by atoms with E-state index in [9.17, 15) is 19.2 Å². The van der Waals surface area contributed by atoms with Crippen molar-refractivity contribution in [3.8, 4) is 0 Å². The van der Waals surface area contributed by atoms with Crippen molar-refractivity contribution in [2.45, 2.75) is 38.8 Å². The number of hydrogen-bond acceptors (Lipinski definition) is 7. The third kappa shape index (κ3) is 9.08. The highest BCUT2D eigenvalue weighted by atomic mass is 16.6. The maximum atomic E-state index is 13.1. The summed E-state index contributed by atoms with van der Waals surface area (Å²) in [5, 5.41) is 14.4. The topological polar surface area (TPSA) is 138 Å². The van der Waals surface area contributed by atoms with Crippen LogP contribution in [0.25, 0.3) is 0 Å². The fourth-order valence-corrected chi connectivity index (χ4v) is 4.04. The molecular weight excluding hydrogens is 504 g/mol. The van der Waals surface area contributed by atoms with Gasteiger partial charge in [0.2, 0.25) is 11.8 Å². The van der Waals surface area contributed by atoms with E-state index < -0.39 is 29.6 Å². The Hall–Kier alpha value is -3.96. The van der Waals surface area contributed by atoms with Gasteiger partial charge < -0.3 is 30.1 Å². The molecule has 210 valence electrons. The number of anilines is 2. The van der Waals surface area contributed by atoms with E-state index in [0.717, 1.165) is 17.8 Å². The molecule has 1 aliphatic heterocycles. The normalized spacial score (nSPS) is 15.0. The monoisotopic (exact) mass is 540 g/mol. The first-order valence-corrected chi connectivity index (χ1v) is 12.7. The minimum atomic E-state index is -1.07.